The molecule has 6 heteroatoms. The van der Waals surface area contributed by atoms with Crippen molar-refractivity contribution in [1.82, 2.24) is 4.98 Å². The number of ether oxygens (including phenoxy) is 2. The van der Waals surface area contributed by atoms with Gasteiger partial charge in [0.15, 0.2) is 0 Å². The predicted octanol–water partition coefficient (Wildman–Crippen LogP) is 2.07. The summed E-state index contributed by atoms with van der Waals surface area (Å²) >= 11 is 0. The fourth-order valence-corrected chi connectivity index (χ4v) is 2.51. The molecular weight excluding hydrogens is 270 g/mol. The number of hydrogen-bond acceptors (Lipinski definition) is 6. The number of nitrogens with two attached hydrogens (primary N) is 1. The highest BCUT2D eigenvalue weighted by atomic mass is 16.5. The number of anilines is 2. The van der Waals surface area contributed by atoms with E-state index in [1.165, 1.54) is 0 Å². The number of pyridine rings is 1. The van der Waals surface area contributed by atoms with Crippen LogP contribution in [0.25, 0.3) is 0 Å². The minimum Gasteiger partial charge on any atom is -0.462 e. The quantitative estimate of drug-likeness (QED) is 0.808. The van der Waals surface area contributed by atoms with Crippen molar-refractivity contribution in [3.05, 3.63) is 17.8 Å². The average molecular weight is 293 g/mol. The van der Waals surface area contributed by atoms with Gasteiger partial charge < -0.3 is 20.5 Å². The molecule has 2 rings (SSSR count). The van der Waals surface area contributed by atoms with Gasteiger partial charge in [-0.05, 0) is 38.7 Å². The molecule has 0 saturated carbocycles. The maximum atomic E-state index is 12.0. The first-order chi connectivity index (χ1) is 10.1. The molecule has 0 bridgehead atoms. The van der Waals surface area contributed by atoms with Gasteiger partial charge in [-0.3, -0.25) is 0 Å². The topological polar surface area (TPSA) is 86.5 Å². The van der Waals surface area contributed by atoms with Crippen LogP contribution in [0.1, 0.15) is 37.0 Å². The number of rotatable bonds is 5. The van der Waals surface area contributed by atoms with E-state index in [1.54, 1.807) is 19.2 Å². The van der Waals surface area contributed by atoms with E-state index in [2.05, 4.69) is 17.2 Å². The number of nitrogens with one attached hydrogen (secondary N) is 1. The van der Waals surface area contributed by atoms with E-state index in [4.69, 9.17) is 15.2 Å². The van der Waals surface area contributed by atoms with Crippen LogP contribution in [-0.2, 0) is 9.47 Å². The van der Waals surface area contributed by atoms with E-state index in [0.29, 0.717) is 29.6 Å². The SMILES string of the molecule is CCOC(=O)c1cc(N)cnc1NC(C)C1CCOCC1. The molecule has 1 aliphatic heterocycles. The fourth-order valence-electron chi connectivity index (χ4n) is 2.51. The van der Waals surface area contributed by atoms with E-state index in [9.17, 15) is 4.79 Å². The Hall–Kier alpha value is -1.82. The molecule has 0 aliphatic carbocycles. The number of carbonyl (C=O) groups excluding carboxylic acids is 1. The highest BCUT2D eigenvalue weighted by Crippen LogP contribution is 2.24. The second-order valence-electron chi connectivity index (χ2n) is 5.27. The second kappa shape index (κ2) is 7.26. The summed E-state index contributed by atoms with van der Waals surface area (Å²) in [7, 11) is 0. The number of esters is 1. The molecule has 116 valence electrons. The molecule has 3 N–H and O–H groups in total. The number of carbonyl (C=O) groups is 1. The number of hydrogen-bond donors (Lipinski definition) is 2. The summed E-state index contributed by atoms with van der Waals surface area (Å²) in [5.41, 5.74) is 6.55. The predicted molar refractivity (Wildman–Crippen MR) is 81.2 cm³/mol. The summed E-state index contributed by atoms with van der Waals surface area (Å²) in [6, 6.07) is 1.81. The van der Waals surface area contributed by atoms with E-state index < -0.39 is 5.97 Å². The third kappa shape index (κ3) is 4.07. The van der Waals surface area contributed by atoms with Gasteiger partial charge in [0.25, 0.3) is 0 Å². The van der Waals surface area contributed by atoms with Crippen molar-refractivity contribution in [3.63, 3.8) is 0 Å². The van der Waals surface area contributed by atoms with Crippen LogP contribution >= 0.6 is 0 Å². The van der Waals surface area contributed by atoms with Crippen LogP contribution in [0.3, 0.4) is 0 Å². The van der Waals surface area contributed by atoms with E-state index in [0.717, 1.165) is 26.1 Å². The molecule has 0 radical (unpaired) electrons. The number of nitrogens with zero attached hydrogens (tertiary/aromatic N) is 1. The lowest BCUT2D eigenvalue weighted by atomic mass is 9.93. The lowest BCUT2D eigenvalue weighted by Gasteiger charge is -2.29. The molecule has 0 spiro atoms. The van der Waals surface area contributed by atoms with Crippen molar-refractivity contribution in [2.75, 3.05) is 30.9 Å². The minimum absolute atomic E-state index is 0.207. The van der Waals surface area contributed by atoms with Gasteiger partial charge in [-0.1, -0.05) is 0 Å². The van der Waals surface area contributed by atoms with E-state index in [-0.39, 0.29) is 6.04 Å². The summed E-state index contributed by atoms with van der Waals surface area (Å²) < 4.78 is 10.4. The van der Waals surface area contributed by atoms with Crippen LogP contribution < -0.4 is 11.1 Å². The Balaban J connectivity index is 2.12. The lowest BCUT2D eigenvalue weighted by Crippen LogP contribution is -2.32. The van der Waals surface area contributed by atoms with Crippen molar-refractivity contribution in [3.8, 4) is 0 Å². The molecular formula is C15H23N3O3. The first kappa shape index (κ1) is 15.6. The van der Waals surface area contributed by atoms with Gasteiger partial charge in [-0.2, -0.15) is 0 Å². The first-order valence-corrected chi connectivity index (χ1v) is 7.38. The molecule has 0 amide bonds. The van der Waals surface area contributed by atoms with Crippen molar-refractivity contribution in [2.45, 2.75) is 32.7 Å². The standard InChI is InChI=1S/C15H23N3O3/c1-3-21-15(19)13-8-12(16)9-17-14(13)18-10(2)11-4-6-20-7-5-11/h8-11H,3-7,16H2,1-2H3,(H,17,18). The van der Waals surface area contributed by atoms with Crippen molar-refractivity contribution < 1.29 is 14.3 Å². The zero-order valence-electron chi connectivity index (χ0n) is 12.6. The normalized spacial score (nSPS) is 17.2. The van der Waals surface area contributed by atoms with Gasteiger partial charge in [0, 0.05) is 19.3 Å². The molecule has 1 fully saturated rings. The number of nitrogen functional groups attached to an aromatic ring is 1. The van der Waals surface area contributed by atoms with Crippen LogP contribution in [0, 0.1) is 5.92 Å². The van der Waals surface area contributed by atoms with Crippen molar-refractivity contribution in [1.29, 1.82) is 0 Å². The van der Waals surface area contributed by atoms with Gasteiger partial charge in [-0.15, -0.1) is 0 Å². The van der Waals surface area contributed by atoms with Gasteiger partial charge in [0.05, 0.1) is 18.5 Å². The lowest BCUT2D eigenvalue weighted by molar-refractivity contribution is 0.0526. The van der Waals surface area contributed by atoms with E-state index >= 15 is 0 Å². The third-order valence-corrected chi connectivity index (χ3v) is 3.74. The summed E-state index contributed by atoms with van der Waals surface area (Å²) in [5.74, 6) is 0.633. The maximum absolute atomic E-state index is 12.0. The van der Waals surface area contributed by atoms with Crippen LogP contribution in [0.2, 0.25) is 0 Å². The summed E-state index contributed by atoms with van der Waals surface area (Å²) in [6.45, 7) is 5.77. The van der Waals surface area contributed by atoms with Crippen molar-refractivity contribution >= 4 is 17.5 Å². The smallest absolute Gasteiger partial charge is 0.341 e. The molecule has 1 aromatic rings. The largest absolute Gasteiger partial charge is 0.462 e. The Morgan fingerprint density at radius 3 is 2.95 bits per heavy atom. The highest BCUT2D eigenvalue weighted by molar-refractivity contribution is 5.95. The fraction of sp³-hybridized carbons (Fsp3) is 0.600. The molecule has 21 heavy (non-hydrogen) atoms. The summed E-state index contributed by atoms with van der Waals surface area (Å²) in [6.07, 6.45) is 3.57. The number of aromatic nitrogens is 1. The van der Waals surface area contributed by atoms with Crippen LogP contribution in [0.15, 0.2) is 12.3 Å². The molecule has 0 aromatic carbocycles. The Morgan fingerprint density at radius 2 is 2.29 bits per heavy atom. The van der Waals surface area contributed by atoms with Crippen molar-refractivity contribution in [2.24, 2.45) is 5.92 Å². The molecule has 2 heterocycles. The van der Waals surface area contributed by atoms with Gasteiger partial charge in [0.2, 0.25) is 0 Å². The summed E-state index contributed by atoms with van der Waals surface area (Å²) in [5, 5.41) is 3.32. The molecule has 1 saturated heterocycles. The van der Waals surface area contributed by atoms with Gasteiger partial charge in [0.1, 0.15) is 11.4 Å². The molecule has 1 atom stereocenters. The third-order valence-electron chi connectivity index (χ3n) is 3.74. The monoisotopic (exact) mass is 293 g/mol. The van der Waals surface area contributed by atoms with Crippen LogP contribution in [0.4, 0.5) is 11.5 Å². The van der Waals surface area contributed by atoms with Crippen LogP contribution in [-0.4, -0.2) is 36.8 Å². The van der Waals surface area contributed by atoms with Crippen LogP contribution in [0.5, 0.6) is 0 Å². The first-order valence-electron chi connectivity index (χ1n) is 7.38. The zero-order valence-corrected chi connectivity index (χ0v) is 12.6. The van der Waals surface area contributed by atoms with Gasteiger partial charge >= 0.3 is 5.97 Å². The van der Waals surface area contributed by atoms with Gasteiger partial charge in [-0.25, -0.2) is 9.78 Å². The molecule has 1 aromatic heterocycles. The molecule has 6 nitrogen and oxygen atoms in total. The Bertz CT molecular complexity index is 487. The Morgan fingerprint density at radius 1 is 1.57 bits per heavy atom. The molecule has 1 aliphatic rings. The Kier molecular flexibility index (Phi) is 5.38. The highest BCUT2D eigenvalue weighted by Gasteiger charge is 2.23. The Labute approximate surface area is 125 Å². The summed E-state index contributed by atoms with van der Waals surface area (Å²) in [4.78, 5) is 16.2. The maximum Gasteiger partial charge on any atom is 0.341 e. The second-order valence-corrected chi connectivity index (χ2v) is 5.27. The minimum atomic E-state index is -0.404. The molecule has 1 unspecified atom stereocenters. The average Bonchev–Trinajstić information content (AvgIpc) is 2.50. The van der Waals surface area contributed by atoms with E-state index in [1.807, 2.05) is 0 Å². The zero-order chi connectivity index (χ0) is 15.2.